The molecule has 0 saturated carbocycles. The molecule has 0 unspecified atom stereocenters. The summed E-state index contributed by atoms with van der Waals surface area (Å²) in [4.78, 5) is 104. The van der Waals surface area contributed by atoms with E-state index in [0.29, 0.717) is 19.3 Å². The van der Waals surface area contributed by atoms with Gasteiger partial charge < -0.3 is 46.5 Å². The van der Waals surface area contributed by atoms with Gasteiger partial charge in [0.2, 0.25) is 41.4 Å². The topological polar surface area (TPSA) is 222 Å². The van der Waals surface area contributed by atoms with Gasteiger partial charge >= 0.3 is 0 Å². The molecule has 3 aliphatic heterocycles. The minimum absolute atomic E-state index is 0.0388. The number of carbonyl (C=O) groups excluding carboxylic acids is 7. The van der Waals surface area contributed by atoms with Crippen LogP contribution in [0.1, 0.15) is 64.0 Å². The first-order chi connectivity index (χ1) is 27.8. The molecule has 58 heavy (non-hydrogen) atoms. The van der Waals surface area contributed by atoms with E-state index < -0.39 is 90.3 Å². The molecular formula is C42H54N8O8. The second kappa shape index (κ2) is 18.7. The van der Waals surface area contributed by atoms with Crippen molar-refractivity contribution in [2.45, 2.75) is 108 Å². The van der Waals surface area contributed by atoms with Gasteiger partial charge in [-0.3, -0.25) is 33.6 Å². The molecule has 3 saturated heterocycles. The Labute approximate surface area is 337 Å². The van der Waals surface area contributed by atoms with Gasteiger partial charge in [0.15, 0.2) is 0 Å². The lowest BCUT2D eigenvalue weighted by atomic mass is 9.99. The van der Waals surface area contributed by atoms with Gasteiger partial charge in [0, 0.05) is 43.0 Å². The van der Waals surface area contributed by atoms with Crippen molar-refractivity contribution in [3.05, 3.63) is 71.9 Å². The standard InChI is InChI=1S/C42H54N8O8/c1-24(2)19-30-38(54)48-36(25(3)51)42(58)50-18-9-15-33(50)39(55)44-23-35(52)45-32(20-26-11-5-4-6-12-26)41(57)49-17-10-16-34(49)40(56)47-31(37(53)46-30)21-27-22-43-29-14-8-7-13-28(27)29/h4-8,11-14,22,24-25,30-34,36,43,51H,9-10,15-21,23H2,1-3H3,(H,44,55)(H,45,52)(H,46,53)(H,47,56)(H,48,54)/t25-,30+,31+,32+,33+,34+,36+/m1/s1. The van der Waals surface area contributed by atoms with Gasteiger partial charge in [-0.25, -0.2) is 0 Å². The Bertz CT molecular complexity index is 2000. The van der Waals surface area contributed by atoms with Gasteiger partial charge in [0.1, 0.15) is 36.3 Å². The number of carbonyl (C=O) groups is 7. The normalized spacial score (nSPS) is 26.3. The number of para-hydroxylation sites is 1. The number of aromatic nitrogens is 1. The smallest absolute Gasteiger partial charge is 0.248 e. The first-order valence-electron chi connectivity index (χ1n) is 20.2. The lowest BCUT2D eigenvalue weighted by Gasteiger charge is -2.31. The summed E-state index contributed by atoms with van der Waals surface area (Å²) in [7, 11) is 0. The van der Waals surface area contributed by atoms with Crippen molar-refractivity contribution in [3.63, 3.8) is 0 Å². The summed E-state index contributed by atoms with van der Waals surface area (Å²) in [6, 6.07) is 9.75. The van der Waals surface area contributed by atoms with E-state index in [2.05, 4.69) is 31.6 Å². The lowest BCUT2D eigenvalue weighted by Crippen LogP contribution is -2.61. The van der Waals surface area contributed by atoms with Crippen LogP contribution >= 0.6 is 0 Å². The van der Waals surface area contributed by atoms with Crippen LogP contribution < -0.4 is 26.6 Å². The van der Waals surface area contributed by atoms with Crippen molar-refractivity contribution in [1.29, 1.82) is 0 Å². The summed E-state index contributed by atoms with van der Waals surface area (Å²) in [5.41, 5.74) is 2.33. The van der Waals surface area contributed by atoms with Crippen LogP contribution in [-0.2, 0) is 46.4 Å². The number of nitrogens with one attached hydrogen (secondary N) is 6. The Kier molecular flexibility index (Phi) is 13.5. The van der Waals surface area contributed by atoms with Crippen LogP contribution in [0.25, 0.3) is 10.9 Å². The molecule has 4 heterocycles. The van der Waals surface area contributed by atoms with Crippen LogP contribution in [0.15, 0.2) is 60.8 Å². The van der Waals surface area contributed by atoms with Crippen LogP contribution in [0.3, 0.4) is 0 Å². The van der Waals surface area contributed by atoms with E-state index in [4.69, 9.17) is 0 Å². The molecular weight excluding hydrogens is 745 g/mol. The molecule has 7 atom stereocenters. The van der Waals surface area contributed by atoms with Crippen molar-refractivity contribution >= 4 is 52.3 Å². The molecule has 3 aliphatic rings. The van der Waals surface area contributed by atoms with Crippen LogP contribution in [0.5, 0.6) is 0 Å². The summed E-state index contributed by atoms with van der Waals surface area (Å²) < 4.78 is 0. The first-order valence-corrected chi connectivity index (χ1v) is 20.2. The van der Waals surface area contributed by atoms with Gasteiger partial charge in [-0.2, -0.15) is 0 Å². The number of aromatic amines is 1. The molecule has 310 valence electrons. The highest BCUT2D eigenvalue weighted by Crippen LogP contribution is 2.23. The van der Waals surface area contributed by atoms with Gasteiger partial charge in [-0.05, 0) is 62.1 Å². The van der Waals surface area contributed by atoms with Gasteiger partial charge in [0.25, 0.3) is 0 Å². The number of hydrogen-bond donors (Lipinski definition) is 7. The van der Waals surface area contributed by atoms with Crippen molar-refractivity contribution in [1.82, 2.24) is 41.4 Å². The molecule has 1 aromatic heterocycles. The zero-order valence-corrected chi connectivity index (χ0v) is 33.2. The summed E-state index contributed by atoms with van der Waals surface area (Å²) >= 11 is 0. The van der Waals surface area contributed by atoms with Crippen LogP contribution in [0, 0.1) is 5.92 Å². The molecule has 16 heteroatoms. The summed E-state index contributed by atoms with van der Waals surface area (Å²) in [5, 5.41) is 25.3. The van der Waals surface area contributed by atoms with E-state index in [1.807, 2.05) is 68.4 Å². The molecule has 7 amide bonds. The Morgan fingerprint density at radius 2 is 1.29 bits per heavy atom. The highest BCUT2D eigenvalue weighted by Gasteiger charge is 2.42. The Morgan fingerprint density at radius 1 is 0.672 bits per heavy atom. The quantitative estimate of drug-likeness (QED) is 0.177. The Balaban J connectivity index is 1.36. The molecule has 0 radical (unpaired) electrons. The number of hydrogen-bond acceptors (Lipinski definition) is 8. The predicted molar refractivity (Wildman–Crippen MR) is 213 cm³/mol. The second-order valence-electron chi connectivity index (χ2n) is 15.9. The number of H-pyrrole nitrogens is 1. The number of aliphatic hydroxyl groups excluding tert-OH is 1. The third kappa shape index (κ3) is 9.84. The first kappa shape index (κ1) is 41.9. The minimum atomic E-state index is -1.45. The van der Waals surface area contributed by atoms with E-state index in [1.54, 1.807) is 6.20 Å². The fourth-order valence-corrected chi connectivity index (χ4v) is 8.18. The fraction of sp³-hybridized carbons (Fsp3) is 0.500. The van der Waals surface area contributed by atoms with Gasteiger partial charge in [-0.1, -0.05) is 62.4 Å². The third-order valence-electron chi connectivity index (χ3n) is 11.1. The van der Waals surface area contributed by atoms with Crippen molar-refractivity contribution in [2.75, 3.05) is 19.6 Å². The largest absolute Gasteiger partial charge is 0.391 e. The molecule has 3 aromatic rings. The van der Waals surface area contributed by atoms with Crippen LogP contribution in [0.4, 0.5) is 0 Å². The second-order valence-corrected chi connectivity index (χ2v) is 15.9. The molecule has 0 spiro atoms. The molecule has 0 aliphatic carbocycles. The van der Waals surface area contributed by atoms with E-state index in [0.717, 1.165) is 22.0 Å². The third-order valence-corrected chi connectivity index (χ3v) is 11.1. The summed E-state index contributed by atoms with van der Waals surface area (Å²) in [6.07, 6.45) is 2.27. The fourth-order valence-electron chi connectivity index (χ4n) is 8.18. The maximum absolute atomic E-state index is 14.4. The van der Waals surface area contributed by atoms with E-state index in [-0.39, 0.29) is 44.7 Å². The SMILES string of the molecule is CC(C)C[C@@H]1NC(=O)[C@H](Cc2c[nH]c3ccccc23)NC(=O)[C@@H]2CCCN2C(=O)[C@H](Cc2ccccc2)NC(=O)CNC(=O)[C@@H]2CCCN2C(=O)[C@H]([C@@H](C)O)NC1=O. The van der Waals surface area contributed by atoms with E-state index >= 15 is 0 Å². The zero-order valence-electron chi connectivity index (χ0n) is 33.2. The van der Waals surface area contributed by atoms with Gasteiger partial charge in [-0.15, -0.1) is 0 Å². The predicted octanol–water partition coefficient (Wildman–Crippen LogP) is 0.431. The average Bonchev–Trinajstić information content (AvgIpc) is 3.98. The molecule has 16 nitrogen and oxygen atoms in total. The highest BCUT2D eigenvalue weighted by atomic mass is 16.3. The number of fused-ring (bicyclic) bond motifs is 3. The van der Waals surface area contributed by atoms with Crippen LogP contribution in [0.2, 0.25) is 0 Å². The molecule has 0 bridgehead atoms. The summed E-state index contributed by atoms with van der Waals surface area (Å²) in [5.74, 6) is -4.48. The highest BCUT2D eigenvalue weighted by molar-refractivity contribution is 5.99. The minimum Gasteiger partial charge on any atom is -0.391 e. The lowest BCUT2D eigenvalue weighted by molar-refractivity contribution is -0.144. The number of rotatable bonds is 7. The molecule has 2 aromatic carbocycles. The number of benzene rings is 2. The van der Waals surface area contributed by atoms with Gasteiger partial charge in [0.05, 0.1) is 12.6 Å². The molecule has 7 N–H and O–H groups in total. The maximum Gasteiger partial charge on any atom is 0.248 e. The maximum atomic E-state index is 14.4. The number of aliphatic hydroxyl groups is 1. The van der Waals surface area contributed by atoms with E-state index in [9.17, 15) is 38.7 Å². The Morgan fingerprint density at radius 3 is 1.98 bits per heavy atom. The zero-order chi connectivity index (χ0) is 41.5. The summed E-state index contributed by atoms with van der Waals surface area (Å²) in [6.45, 7) is 5.00. The Hall–Kier alpha value is -5.77. The average molecular weight is 799 g/mol. The number of nitrogens with zero attached hydrogens (tertiary/aromatic N) is 2. The van der Waals surface area contributed by atoms with Crippen molar-refractivity contribution in [3.8, 4) is 0 Å². The number of amides is 7. The van der Waals surface area contributed by atoms with Crippen molar-refractivity contribution in [2.24, 2.45) is 5.92 Å². The molecule has 6 rings (SSSR count). The monoisotopic (exact) mass is 798 g/mol. The van der Waals surface area contributed by atoms with E-state index in [1.165, 1.54) is 16.7 Å². The van der Waals surface area contributed by atoms with Crippen LogP contribution in [-0.4, -0.2) is 123 Å². The molecule has 3 fully saturated rings. The van der Waals surface area contributed by atoms with Crippen molar-refractivity contribution < 1.29 is 38.7 Å².